The maximum atomic E-state index is 12.0. The zero-order valence-corrected chi connectivity index (χ0v) is 11.3. The molecular formula is C12H22N2O4. The summed E-state index contributed by atoms with van der Waals surface area (Å²) in [4.78, 5) is 24.5. The van der Waals surface area contributed by atoms with E-state index in [1.54, 1.807) is 11.9 Å². The third-order valence-electron chi connectivity index (χ3n) is 3.60. The van der Waals surface area contributed by atoms with Crippen molar-refractivity contribution in [2.24, 2.45) is 11.8 Å². The van der Waals surface area contributed by atoms with E-state index in [4.69, 9.17) is 9.84 Å². The minimum atomic E-state index is -0.933. The predicted molar refractivity (Wildman–Crippen MR) is 66.3 cm³/mol. The van der Waals surface area contributed by atoms with Crippen molar-refractivity contribution in [3.05, 3.63) is 0 Å². The molecule has 1 saturated heterocycles. The van der Waals surface area contributed by atoms with Gasteiger partial charge >= 0.3 is 12.0 Å². The van der Waals surface area contributed by atoms with Gasteiger partial charge in [-0.05, 0) is 12.8 Å². The molecule has 1 heterocycles. The summed E-state index contributed by atoms with van der Waals surface area (Å²) < 4.78 is 5.11. The summed E-state index contributed by atoms with van der Waals surface area (Å²) in [7, 11) is 1.71. The number of aliphatic carboxylic acids is 1. The lowest BCUT2D eigenvalue weighted by Crippen LogP contribution is -2.50. The summed E-state index contributed by atoms with van der Waals surface area (Å²) >= 11 is 0. The fourth-order valence-electron chi connectivity index (χ4n) is 1.83. The highest BCUT2D eigenvalue weighted by molar-refractivity contribution is 5.77. The van der Waals surface area contributed by atoms with Crippen LogP contribution in [0.25, 0.3) is 0 Å². The number of carbonyl (C=O) groups is 2. The summed E-state index contributed by atoms with van der Waals surface area (Å²) in [5.41, 5.74) is 0. The molecule has 0 bridgehead atoms. The summed E-state index contributed by atoms with van der Waals surface area (Å²) in [6, 6.07) is -0.606. The van der Waals surface area contributed by atoms with Gasteiger partial charge in [0.1, 0.15) is 5.92 Å². The Labute approximate surface area is 107 Å². The summed E-state index contributed by atoms with van der Waals surface area (Å²) in [6.45, 7) is 6.45. The van der Waals surface area contributed by atoms with Crippen LogP contribution in [0.1, 0.15) is 20.8 Å². The SMILES string of the molecule is CC(C)C(C)N(C)C(=O)NC1COCC1C(=O)O. The Morgan fingerprint density at radius 3 is 2.44 bits per heavy atom. The molecule has 2 N–H and O–H groups in total. The molecule has 0 aliphatic carbocycles. The molecule has 1 fully saturated rings. The highest BCUT2D eigenvalue weighted by Gasteiger charge is 2.36. The van der Waals surface area contributed by atoms with E-state index < -0.39 is 17.9 Å². The van der Waals surface area contributed by atoms with E-state index in [9.17, 15) is 9.59 Å². The Morgan fingerprint density at radius 1 is 1.33 bits per heavy atom. The van der Waals surface area contributed by atoms with Gasteiger partial charge in [-0.15, -0.1) is 0 Å². The fourth-order valence-corrected chi connectivity index (χ4v) is 1.83. The molecular weight excluding hydrogens is 236 g/mol. The Hall–Kier alpha value is -1.30. The van der Waals surface area contributed by atoms with E-state index in [1.807, 2.05) is 20.8 Å². The van der Waals surface area contributed by atoms with E-state index in [0.29, 0.717) is 5.92 Å². The van der Waals surface area contributed by atoms with Crippen molar-refractivity contribution in [1.82, 2.24) is 10.2 Å². The zero-order valence-electron chi connectivity index (χ0n) is 11.3. The molecule has 2 amide bonds. The third-order valence-corrected chi connectivity index (χ3v) is 3.60. The van der Waals surface area contributed by atoms with Crippen molar-refractivity contribution in [2.45, 2.75) is 32.9 Å². The number of rotatable bonds is 4. The number of nitrogens with zero attached hydrogens (tertiary/aromatic N) is 1. The van der Waals surface area contributed by atoms with Crippen LogP contribution in [0.4, 0.5) is 4.79 Å². The van der Waals surface area contributed by atoms with Gasteiger partial charge in [0.2, 0.25) is 0 Å². The van der Waals surface area contributed by atoms with Crippen molar-refractivity contribution >= 4 is 12.0 Å². The minimum Gasteiger partial charge on any atom is -0.481 e. The first-order valence-electron chi connectivity index (χ1n) is 6.18. The topological polar surface area (TPSA) is 78.9 Å². The number of nitrogens with one attached hydrogen (secondary N) is 1. The van der Waals surface area contributed by atoms with Gasteiger partial charge in [-0.3, -0.25) is 4.79 Å². The van der Waals surface area contributed by atoms with Crippen molar-refractivity contribution in [3.8, 4) is 0 Å². The van der Waals surface area contributed by atoms with E-state index in [0.717, 1.165) is 0 Å². The fraction of sp³-hybridized carbons (Fsp3) is 0.833. The van der Waals surface area contributed by atoms with Gasteiger partial charge < -0.3 is 20.1 Å². The van der Waals surface area contributed by atoms with Crippen LogP contribution in [0.5, 0.6) is 0 Å². The normalized spacial score (nSPS) is 24.9. The molecule has 0 spiro atoms. The lowest BCUT2D eigenvalue weighted by atomic mass is 10.0. The van der Waals surface area contributed by atoms with Crippen molar-refractivity contribution < 1.29 is 19.4 Å². The maximum Gasteiger partial charge on any atom is 0.317 e. The molecule has 0 aromatic heterocycles. The van der Waals surface area contributed by atoms with Crippen molar-refractivity contribution in [2.75, 3.05) is 20.3 Å². The Morgan fingerprint density at radius 2 is 1.94 bits per heavy atom. The molecule has 3 unspecified atom stereocenters. The number of urea groups is 1. The molecule has 0 aromatic rings. The van der Waals surface area contributed by atoms with Crippen LogP contribution in [-0.2, 0) is 9.53 Å². The quantitative estimate of drug-likeness (QED) is 0.780. The van der Waals surface area contributed by atoms with E-state index >= 15 is 0 Å². The number of ether oxygens (including phenoxy) is 1. The van der Waals surface area contributed by atoms with Gasteiger partial charge in [0.05, 0.1) is 19.3 Å². The second-order valence-electron chi connectivity index (χ2n) is 5.13. The average molecular weight is 258 g/mol. The average Bonchev–Trinajstić information content (AvgIpc) is 2.74. The largest absolute Gasteiger partial charge is 0.481 e. The number of carbonyl (C=O) groups excluding carboxylic acids is 1. The lowest BCUT2D eigenvalue weighted by molar-refractivity contribution is -0.142. The van der Waals surface area contributed by atoms with Crippen molar-refractivity contribution in [1.29, 1.82) is 0 Å². The van der Waals surface area contributed by atoms with Gasteiger partial charge in [0, 0.05) is 13.1 Å². The Kier molecular flexibility index (Phi) is 4.95. The predicted octanol–water partition coefficient (Wildman–Crippen LogP) is 0.772. The summed E-state index contributed by atoms with van der Waals surface area (Å²) in [6.07, 6.45) is 0. The number of amides is 2. The maximum absolute atomic E-state index is 12.0. The van der Waals surface area contributed by atoms with Crippen LogP contribution in [-0.4, -0.2) is 54.4 Å². The van der Waals surface area contributed by atoms with Crippen molar-refractivity contribution in [3.63, 3.8) is 0 Å². The van der Waals surface area contributed by atoms with Crippen LogP contribution in [0.2, 0.25) is 0 Å². The summed E-state index contributed by atoms with van der Waals surface area (Å²) in [5.74, 6) is -1.25. The first kappa shape index (κ1) is 14.8. The van der Waals surface area contributed by atoms with Gasteiger partial charge in [-0.2, -0.15) is 0 Å². The smallest absolute Gasteiger partial charge is 0.317 e. The molecule has 0 radical (unpaired) electrons. The molecule has 6 nitrogen and oxygen atoms in total. The van der Waals surface area contributed by atoms with Gasteiger partial charge in [0.15, 0.2) is 0 Å². The molecule has 1 aliphatic rings. The van der Waals surface area contributed by atoms with Gasteiger partial charge in [-0.25, -0.2) is 4.79 Å². The first-order chi connectivity index (χ1) is 8.34. The van der Waals surface area contributed by atoms with Gasteiger partial charge in [0.25, 0.3) is 0 Å². The van der Waals surface area contributed by atoms with E-state index in [-0.39, 0.29) is 25.3 Å². The Bertz CT molecular complexity index is 319. The second-order valence-corrected chi connectivity index (χ2v) is 5.13. The second kappa shape index (κ2) is 6.04. The highest BCUT2D eigenvalue weighted by Crippen LogP contribution is 2.15. The number of carboxylic acids is 1. The minimum absolute atomic E-state index is 0.0931. The van der Waals surface area contributed by atoms with E-state index in [2.05, 4.69) is 5.32 Å². The first-order valence-corrected chi connectivity index (χ1v) is 6.18. The molecule has 1 rings (SSSR count). The molecule has 0 saturated carbocycles. The molecule has 18 heavy (non-hydrogen) atoms. The van der Waals surface area contributed by atoms with Crippen LogP contribution in [0.3, 0.4) is 0 Å². The number of carboxylic acid groups (broad SMARTS) is 1. The number of hydrogen-bond acceptors (Lipinski definition) is 3. The van der Waals surface area contributed by atoms with Crippen LogP contribution < -0.4 is 5.32 Å². The third kappa shape index (κ3) is 3.35. The molecule has 3 atom stereocenters. The Balaban J connectivity index is 2.56. The lowest BCUT2D eigenvalue weighted by Gasteiger charge is -2.29. The zero-order chi connectivity index (χ0) is 13.9. The highest BCUT2D eigenvalue weighted by atomic mass is 16.5. The van der Waals surface area contributed by atoms with Crippen LogP contribution in [0, 0.1) is 11.8 Å². The van der Waals surface area contributed by atoms with Crippen LogP contribution in [0.15, 0.2) is 0 Å². The van der Waals surface area contributed by atoms with E-state index in [1.165, 1.54) is 0 Å². The molecule has 1 aliphatic heterocycles. The van der Waals surface area contributed by atoms with Gasteiger partial charge in [-0.1, -0.05) is 13.8 Å². The van der Waals surface area contributed by atoms with Crippen LogP contribution >= 0.6 is 0 Å². The monoisotopic (exact) mass is 258 g/mol. The molecule has 6 heteroatoms. The summed E-state index contributed by atoms with van der Waals surface area (Å²) in [5, 5.41) is 11.7. The molecule has 0 aromatic carbocycles. The number of hydrogen-bond donors (Lipinski definition) is 2. The standard InChI is InChI=1S/C12H22N2O4/c1-7(2)8(3)14(4)12(17)13-10-6-18-5-9(10)11(15)16/h7-10H,5-6H2,1-4H3,(H,13,17)(H,15,16). The molecule has 104 valence electrons.